The molecule has 0 fully saturated rings. The first kappa shape index (κ1) is 29.9. The zero-order valence-corrected chi connectivity index (χ0v) is 20.7. The summed E-state index contributed by atoms with van der Waals surface area (Å²) in [5, 5.41) is 25.6. The Morgan fingerprint density at radius 2 is 1.43 bits per heavy atom. The molecule has 0 spiro atoms. The van der Waals surface area contributed by atoms with Gasteiger partial charge in [0.1, 0.15) is 18.1 Å². The van der Waals surface area contributed by atoms with E-state index in [1.165, 1.54) is 0 Å². The maximum atomic E-state index is 13.1. The van der Waals surface area contributed by atoms with E-state index in [0.29, 0.717) is 0 Å². The fraction of sp³-hybridized carbons (Fsp3) is 0.522. The molecule has 0 aliphatic carbocycles. The minimum absolute atomic E-state index is 0.0109. The Labute approximate surface area is 209 Å². The number of carboxylic acid groups (broad SMARTS) is 2. The number of aliphatic carboxylic acids is 2. The second kappa shape index (κ2) is 15.0. The van der Waals surface area contributed by atoms with E-state index in [0.717, 1.165) is 5.56 Å². The van der Waals surface area contributed by atoms with Gasteiger partial charge in [0.25, 0.3) is 0 Å². The van der Waals surface area contributed by atoms with Gasteiger partial charge in [-0.2, -0.15) is 12.6 Å². The third-order valence-corrected chi connectivity index (χ3v) is 5.42. The molecule has 0 aliphatic rings. The summed E-state index contributed by atoms with van der Waals surface area (Å²) < 4.78 is 0. The molecule has 0 saturated carbocycles. The standard InChI is InChI=1S/C23H34N4O7S/c1-13(2)10-16(25-20(30)15(24)8-9-19(28)29)21(31)26-17(11-14-6-4-3-5-7-14)22(32)27-18(12-35)23(33)34/h3-7,13,15-18,35H,8-12,24H2,1-2H3,(H,25,30)(H,26,31)(H,27,32)(H,28,29)(H,33,34). The Kier molecular flexibility index (Phi) is 12.8. The van der Waals surface area contributed by atoms with Gasteiger partial charge >= 0.3 is 11.9 Å². The van der Waals surface area contributed by atoms with Gasteiger partial charge in [-0.25, -0.2) is 4.79 Å². The molecular formula is C23H34N4O7S. The summed E-state index contributed by atoms with van der Waals surface area (Å²) in [5.74, 6) is -4.56. The number of rotatable bonds is 15. The third-order valence-electron chi connectivity index (χ3n) is 5.06. The molecule has 1 rings (SSSR count). The molecule has 4 atom stereocenters. The molecular weight excluding hydrogens is 476 g/mol. The van der Waals surface area contributed by atoms with Gasteiger partial charge in [0.05, 0.1) is 6.04 Å². The van der Waals surface area contributed by atoms with E-state index in [-0.39, 0.29) is 37.4 Å². The van der Waals surface area contributed by atoms with Crippen LogP contribution in [0.3, 0.4) is 0 Å². The summed E-state index contributed by atoms with van der Waals surface area (Å²) in [4.78, 5) is 60.6. The number of carboxylic acids is 2. The molecule has 0 aliphatic heterocycles. The van der Waals surface area contributed by atoms with E-state index in [4.69, 9.17) is 10.8 Å². The first-order valence-electron chi connectivity index (χ1n) is 11.2. The average Bonchev–Trinajstić information content (AvgIpc) is 2.79. The van der Waals surface area contributed by atoms with E-state index < -0.39 is 53.8 Å². The van der Waals surface area contributed by atoms with Crippen LogP contribution in [-0.4, -0.2) is 69.8 Å². The number of nitrogens with one attached hydrogen (secondary N) is 3. The summed E-state index contributed by atoms with van der Waals surface area (Å²) in [6.07, 6.45) is -0.0869. The summed E-state index contributed by atoms with van der Waals surface area (Å²) in [6.45, 7) is 3.68. The second-order valence-electron chi connectivity index (χ2n) is 8.56. The lowest BCUT2D eigenvalue weighted by atomic mass is 10.0. The highest BCUT2D eigenvalue weighted by atomic mass is 32.1. The number of carbonyl (C=O) groups is 5. The highest BCUT2D eigenvalue weighted by molar-refractivity contribution is 7.80. The van der Waals surface area contributed by atoms with E-state index in [2.05, 4.69) is 28.6 Å². The van der Waals surface area contributed by atoms with Crippen molar-refractivity contribution in [2.75, 3.05) is 5.75 Å². The van der Waals surface area contributed by atoms with Gasteiger partial charge in [-0.15, -0.1) is 0 Å². The highest BCUT2D eigenvalue weighted by Gasteiger charge is 2.30. The summed E-state index contributed by atoms with van der Waals surface area (Å²) in [6, 6.07) is 4.30. The Morgan fingerprint density at radius 3 is 1.94 bits per heavy atom. The van der Waals surface area contributed by atoms with Gasteiger partial charge in [-0.3, -0.25) is 19.2 Å². The van der Waals surface area contributed by atoms with Gasteiger partial charge in [0, 0.05) is 18.6 Å². The molecule has 1 aromatic carbocycles. The number of nitrogens with two attached hydrogens (primary N) is 1. The van der Waals surface area contributed by atoms with Gasteiger partial charge in [-0.1, -0.05) is 44.2 Å². The van der Waals surface area contributed by atoms with Crippen LogP contribution < -0.4 is 21.7 Å². The molecule has 7 N–H and O–H groups in total. The molecule has 35 heavy (non-hydrogen) atoms. The molecule has 0 heterocycles. The van der Waals surface area contributed by atoms with Crippen LogP contribution in [0.25, 0.3) is 0 Å². The lowest BCUT2D eigenvalue weighted by molar-refractivity contribution is -0.141. The fourth-order valence-corrected chi connectivity index (χ4v) is 3.43. The minimum atomic E-state index is -1.27. The van der Waals surface area contributed by atoms with Crippen molar-refractivity contribution in [3.63, 3.8) is 0 Å². The maximum Gasteiger partial charge on any atom is 0.327 e. The van der Waals surface area contributed by atoms with Crippen LogP contribution in [-0.2, 0) is 30.4 Å². The lowest BCUT2D eigenvalue weighted by Crippen LogP contribution is -2.58. The normalized spacial score (nSPS) is 14.3. The maximum absolute atomic E-state index is 13.1. The zero-order chi connectivity index (χ0) is 26.5. The minimum Gasteiger partial charge on any atom is -0.481 e. The molecule has 0 radical (unpaired) electrons. The Bertz CT molecular complexity index is 882. The van der Waals surface area contributed by atoms with E-state index >= 15 is 0 Å². The first-order valence-corrected chi connectivity index (χ1v) is 11.8. The Hall–Kier alpha value is -3.12. The van der Waals surface area contributed by atoms with Gasteiger partial charge in [0.2, 0.25) is 17.7 Å². The van der Waals surface area contributed by atoms with Crippen molar-refractivity contribution >= 4 is 42.3 Å². The molecule has 0 aromatic heterocycles. The number of amides is 3. The molecule has 194 valence electrons. The van der Waals surface area contributed by atoms with Crippen LogP contribution in [0.5, 0.6) is 0 Å². The second-order valence-corrected chi connectivity index (χ2v) is 8.93. The first-order chi connectivity index (χ1) is 16.4. The predicted octanol–water partition coefficient (Wildman–Crippen LogP) is -0.0639. The van der Waals surface area contributed by atoms with Crippen LogP contribution in [0.1, 0.15) is 38.7 Å². The van der Waals surface area contributed by atoms with Crippen molar-refractivity contribution in [3.8, 4) is 0 Å². The number of benzene rings is 1. The molecule has 0 saturated heterocycles. The smallest absolute Gasteiger partial charge is 0.327 e. The topological polar surface area (TPSA) is 188 Å². The largest absolute Gasteiger partial charge is 0.481 e. The molecule has 11 nitrogen and oxygen atoms in total. The van der Waals surface area contributed by atoms with Crippen molar-refractivity contribution in [1.82, 2.24) is 16.0 Å². The average molecular weight is 511 g/mol. The quantitative estimate of drug-likeness (QED) is 0.160. The van der Waals surface area contributed by atoms with Crippen LogP contribution in [0.4, 0.5) is 0 Å². The number of thiol groups is 1. The Balaban J connectivity index is 3.05. The van der Waals surface area contributed by atoms with Crippen LogP contribution in [0, 0.1) is 5.92 Å². The SMILES string of the molecule is CC(C)CC(NC(=O)C(N)CCC(=O)O)C(=O)NC(Cc1ccccc1)C(=O)NC(CS)C(=O)O. The monoisotopic (exact) mass is 510 g/mol. The van der Waals surface area contributed by atoms with Gasteiger partial charge in [-0.05, 0) is 24.3 Å². The Morgan fingerprint density at radius 1 is 0.886 bits per heavy atom. The molecule has 12 heteroatoms. The lowest BCUT2D eigenvalue weighted by Gasteiger charge is -2.26. The van der Waals surface area contributed by atoms with Crippen LogP contribution in [0.2, 0.25) is 0 Å². The fourth-order valence-electron chi connectivity index (χ4n) is 3.18. The van der Waals surface area contributed by atoms with Crippen molar-refractivity contribution in [1.29, 1.82) is 0 Å². The summed E-state index contributed by atoms with van der Waals surface area (Å²) in [5.41, 5.74) is 6.49. The van der Waals surface area contributed by atoms with Gasteiger partial charge in [0.15, 0.2) is 0 Å². The highest BCUT2D eigenvalue weighted by Crippen LogP contribution is 2.09. The number of carbonyl (C=O) groups excluding carboxylic acids is 3. The number of hydrogen-bond acceptors (Lipinski definition) is 7. The molecule has 3 amide bonds. The molecule has 1 aromatic rings. The van der Waals surface area contributed by atoms with Crippen molar-refractivity contribution in [2.24, 2.45) is 11.7 Å². The number of hydrogen-bond donors (Lipinski definition) is 7. The summed E-state index contributed by atoms with van der Waals surface area (Å²) in [7, 11) is 0. The van der Waals surface area contributed by atoms with Crippen LogP contribution >= 0.6 is 12.6 Å². The zero-order valence-electron chi connectivity index (χ0n) is 19.8. The van der Waals surface area contributed by atoms with E-state index in [9.17, 15) is 29.1 Å². The third kappa shape index (κ3) is 11.2. The van der Waals surface area contributed by atoms with E-state index in [1.54, 1.807) is 30.3 Å². The van der Waals surface area contributed by atoms with Crippen LogP contribution in [0.15, 0.2) is 30.3 Å². The van der Waals surface area contributed by atoms with Crippen molar-refractivity contribution in [3.05, 3.63) is 35.9 Å². The molecule has 0 bridgehead atoms. The molecule has 4 unspecified atom stereocenters. The summed E-state index contributed by atoms with van der Waals surface area (Å²) >= 11 is 3.94. The van der Waals surface area contributed by atoms with Gasteiger partial charge < -0.3 is 31.9 Å². The van der Waals surface area contributed by atoms with Crippen molar-refractivity contribution in [2.45, 2.75) is 63.7 Å². The predicted molar refractivity (Wildman–Crippen MR) is 132 cm³/mol. The van der Waals surface area contributed by atoms with E-state index in [1.807, 2.05) is 13.8 Å². The van der Waals surface area contributed by atoms with Crippen molar-refractivity contribution < 1.29 is 34.2 Å².